The molecule has 134 valence electrons. The molecule has 0 radical (unpaired) electrons. The average molecular weight is 367 g/mol. The Morgan fingerprint density at radius 3 is 2.88 bits per heavy atom. The van der Waals surface area contributed by atoms with E-state index in [1.165, 1.54) is 36.0 Å². The van der Waals surface area contributed by atoms with Gasteiger partial charge in [-0.15, -0.1) is 11.8 Å². The third kappa shape index (κ3) is 5.18. The summed E-state index contributed by atoms with van der Waals surface area (Å²) in [5.41, 5.74) is 0.143. The Labute approximate surface area is 147 Å². The number of non-ortho nitro benzene ring substituents is 1. The van der Waals surface area contributed by atoms with Crippen molar-refractivity contribution < 1.29 is 24.0 Å². The number of nitrogens with one attached hydrogen (secondary N) is 2. The van der Waals surface area contributed by atoms with Crippen LogP contribution in [-0.4, -0.2) is 46.4 Å². The maximum Gasteiger partial charge on any atom is 0.329 e. The highest BCUT2D eigenvalue weighted by Crippen LogP contribution is 2.23. The monoisotopic (exact) mass is 367 g/mol. The number of anilines is 1. The van der Waals surface area contributed by atoms with Gasteiger partial charge in [-0.2, -0.15) is 0 Å². The van der Waals surface area contributed by atoms with Crippen LogP contribution < -0.4 is 10.6 Å². The molecule has 2 rings (SSSR count). The van der Waals surface area contributed by atoms with Crippen LogP contribution in [0.15, 0.2) is 24.3 Å². The number of nitro groups is 1. The smallest absolute Gasteiger partial charge is 0.329 e. The van der Waals surface area contributed by atoms with Crippen molar-refractivity contribution in [3.05, 3.63) is 34.4 Å². The highest BCUT2D eigenvalue weighted by molar-refractivity contribution is 8.00. The van der Waals surface area contributed by atoms with Crippen molar-refractivity contribution in [3.63, 3.8) is 0 Å². The number of thioether (sulfide) groups is 1. The normalized spacial score (nSPS) is 19.6. The first-order chi connectivity index (χ1) is 11.9. The van der Waals surface area contributed by atoms with E-state index in [2.05, 4.69) is 10.6 Å². The molecule has 1 aliphatic heterocycles. The Morgan fingerprint density at radius 2 is 2.24 bits per heavy atom. The lowest BCUT2D eigenvalue weighted by atomic mass is 10.2. The quantitative estimate of drug-likeness (QED) is 0.437. The van der Waals surface area contributed by atoms with E-state index in [0.29, 0.717) is 5.75 Å². The maximum atomic E-state index is 12.1. The summed E-state index contributed by atoms with van der Waals surface area (Å²) in [6, 6.07) is 4.82. The number of nitro benzene ring substituents is 1. The largest absolute Gasteiger partial charge is 0.464 e. The van der Waals surface area contributed by atoms with E-state index >= 15 is 0 Å². The minimum atomic E-state index is -0.714. The van der Waals surface area contributed by atoms with Crippen molar-refractivity contribution in [1.29, 1.82) is 0 Å². The Morgan fingerprint density at radius 1 is 1.48 bits per heavy atom. The first kappa shape index (κ1) is 18.7. The van der Waals surface area contributed by atoms with Gasteiger partial charge >= 0.3 is 5.97 Å². The van der Waals surface area contributed by atoms with E-state index in [4.69, 9.17) is 4.74 Å². The van der Waals surface area contributed by atoms with Crippen molar-refractivity contribution in [1.82, 2.24) is 5.32 Å². The number of benzene rings is 1. The van der Waals surface area contributed by atoms with E-state index in [-0.39, 0.29) is 24.4 Å². The Kier molecular flexibility index (Phi) is 6.34. The number of hydrogen-bond donors (Lipinski definition) is 2. The molecule has 0 aromatic heterocycles. The maximum absolute atomic E-state index is 12.1. The SMILES string of the molecule is CCOC(=O)[C@H]1CS[C@H](CC(=O)Nc2cccc([N+](=O)[O-])c2)C(=O)N1. The molecule has 1 heterocycles. The van der Waals surface area contributed by atoms with Crippen molar-refractivity contribution in [2.24, 2.45) is 0 Å². The molecule has 1 saturated heterocycles. The predicted molar refractivity (Wildman–Crippen MR) is 91.2 cm³/mol. The van der Waals surface area contributed by atoms with E-state index in [1.807, 2.05) is 0 Å². The first-order valence-electron chi connectivity index (χ1n) is 7.53. The third-order valence-electron chi connectivity index (χ3n) is 3.36. The lowest BCUT2D eigenvalue weighted by Crippen LogP contribution is -2.51. The molecule has 10 heteroatoms. The second kappa shape index (κ2) is 8.47. The summed E-state index contributed by atoms with van der Waals surface area (Å²) >= 11 is 1.20. The summed E-state index contributed by atoms with van der Waals surface area (Å²) in [5, 5.41) is 15.2. The van der Waals surface area contributed by atoms with Crippen molar-refractivity contribution >= 4 is 40.9 Å². The molecule has 1 aliphatic rings. The number of rotatable bonds is 6. The zero-order chi connectivity index (χ0) is 18.4. The van der Waals surface area contributed by atoms with Crippen LogP contribution >= 0.6 is 11.8 Å². The van der Waals surface area contributed by atoms with Crippen LogP contribution in [0.3, 0.4) is 0 Å². The van der Waals surface area contributed by atoms with E-state index < -0.39 is 34.0 Å². The zero-order valence-corrected chi connectivity index (χ0v) is 14.2. The molecule has 0 spiro atoms. The number of ether oxygens (including phenoxy) is 1. The molecule has 1 aromatic carbocycles. The van der Waals surface area contributed by atoms with Crippen molar-refractivity contribution in [3.8, 4) is 0 Å². The summed E-state index contributed by atoms with van der Waals surface area (Å²) in [6.45, 7) is 1.90. The van der Waals surface area contributed by atoms with Crippen LogP contribution in [0.1, 0.15) is 13.3 Å². The number of nitrogens with zero attached hydrogens (tertiary/aromatic N) is 1. The van der Waals surface area contributed by atoms with Crippen LogP contribution in [0.2, 0.25) is 0 Å². The molecule has 25 heavy (non-hydrogen) atoms. The van der Waals surface area contributed by atoms with Gasteiger partial charge < -0.3 is 15.4 Å². The van der Waals surface area contributed by atoms with Crippen LogP contribution in [-0.2, 0) is 19.1 Å². The van der Waals surface area contributed by atoms with Gasteiger partial charge in [-0.05, 0) is 13.0 Å². The molecular weight excluding hydrogens is 350 g/mol. The standard InChI is InChI=1S/C15H17N3O6S/c1-2-24-15(21)11-8-25-12(14(20)17-11)7-13(19)16-9-4-3-5-10(6-9)18(22)23/h3-6,11-12H,2,7-8H2,1H3,(H,16,19)(H,17,20)/t11-,12-/m1/s1. The zero-order valence-electron chi connectivity index (χ0n) is 13.4. The molecule has 0 aliphatic carbocycles. The molecular formula is C15H17N3O6S. The molecule has 0 bridgehead atoms. The van der Waals surface area contributed by atoms with E-state index in [1.54, 1.807) is 6.92 Å². The fraction of sp³-hybridized carbons (Fsp3) is 0.400. The van der Waals surface area contributed by atoms with Gasteiger partial charge in [0.2, 0.25) is 11.8 Å². The fourth-order valence-corrected chi connectivity index (χ4v) is 3.33. The number of carbonyl (C=O) groups is 3. The summed E-state index contributed by atoms with van der Waals surface area (Å²) in [5.74, 6) is -1.03. The summed E-state index contributed by atoms with van der Waals surface area (Å²) < 4.78 is 4.85. The molecule has 0 unspecified atom stereocenters. The molecule has 2 amide bonds. The molecule has 2 N–H and O–H groups in total. The lowest BCUT2D eigenvalue weighted by Gasteiger charge is -2.27. The number of amides is 2. The van der Waals surface area contributed by atoms with E-state index in [9.17, 15) is 24.5 Å². The van der Waals surface area contributed by atoms with Crippen LogP contribution in [0, 0.1) is 10.1 Å². The van der Waals surface area contributed by atoms with Crippen LogP contribution in [0.25, 0.3) is 0 Å². The molecule has 1 aromatic rings. The van der Waals surface area contributed by atoms with Gasteiger partial charge in [0.25, 0.3) is 5.69 Å². The second-order valence-corrected chi connectivity index (χ2v) is 6.43. The summed E-state index contributed by atoms with van der Waals surface area (Å²) in [4.78, 5) is 45.9. The average Bonchev–Trinajstić information content (AvgIpc) is 2.57. The minimum absolute atomic E-state index is 0.102. The van der Waals surface area contributed by atoms with Crippen molar-refractivity contribution in [2.75, 3.05) is 17.7 Å². The molecule has 2 atom stereocenters. The predicted octanol–water partition coefficient (Wildman–Crippen LogP) is 1.09. The number of hydrogen-bond acceptors (Lipinski definition) is 7. The summed E-state index contributed by atoms with van der Waals surface area (Å²) in [7, 11) is 0. The highest BCUT2D eigenvalue weighted by atomic mass is 32.2. The van der Waals surface area contributed by atoms with Gasteiger partial charge in [0, 0.05) is 30.0 Å². The van der Waals surface area contributed by atoms with E-state index in [0.717, 1.165) is 0 Å². The Bertz CT molecular complexity index is 696. The number of esters is 1. The molecule has 1 fully saturated rings. The Balaban J connectivity index is 1.89. The minimum Gasteiger partial charge on any atom is -0.464 e. The third-order valence-corrected chi connectivity index (χ3v) is 4.66. The summed E-state index contributed by atoms with van der Waals surface area (Å²) in [6.07, 6.45) is -0.102. The molecule has 9 nitrogen and oxygen atoms in total. The second-order valence-electron chi connectivity index (χ2n) is 5.19. The fourth-order valence-electron chi connectivity index (χ4n) is 2.19. The van der Waals surface area contributed by atoms with Gasteiger partial charge in [-0.25, -0.2) is 4.79 Å². The highest BCUT2D eigenvalue weighted by Gasteiger charge is 2.34. The molecule has 0 saturated carbocycles. The van der Waals surface area contributed by atoms with Crippen molar-refractivity contribution in [2.45, 2.75) is 24.6 Å². The van der Waals surface area contributed by atoms with Gasteiger partial charge in [0.1, 0.15) is 6.04 Å². The van der Waals surface area contributed by atoms with Gasteiger partial charge in [0.05, 0.1) is 16.8 Å². The number of carbonyl (C=O) groups excluding carboxylic acids is 3. The topological polar surface area (TPSA) is 128 Å². The first-order valence-corrected chi connectivity index (χ1v) is 8.58. The Hall–Kier alpha value is -2.62. The van der Waals surface area contributed by atoms with Gasteiger partial charge in [0.15, 0.2) is 0 Å². The van der Waals surface area contributed by atoms with Gasteiger partial charge in [-0.3, -0.25) is 19.7 Å². The van der Waals surface area contributed by atoms with Gasteiger partial charge in [-0.1, -0.05) is 6.07 Å². The van der Waals surface area contributed by atoms with Crippen LogP contribution in [0.4, 0.5) is 11.4 Å². The van der Waals surface area contributed by atoms with Crippen LogP contribution in [0.5, 0.6) is 0 Å². The lowest BCUT2D eigenvalue weighted by molar-refractivity contribution is -0.384.